The van der Waals surface area contributed by atoms with E-state index in [1.807, 2.05) is 0 Å². The van der Waals surface area contributed by atoms with E-state index >= 15 is 0 Å². The van der Waals surface area contributed by atoms with Crippen LogP contribution in [0.15, 0.2) is 11.3 Å². The fraction of sp³-hybridized carbons (Fsp3) is 0.714. The van der Waals surface area contributed by atoms with Crippen molar-refractivity contribution >= 4 is 11.8 Å². The van der Waals surface area contributed by atoms with E-state index in [-0.39, 0.29) is 11.4 Å². The molecule has 0 aromatic heterocycles. The SMILES string of the molecule is CCCCCCCCCC(=O)C(C)=C(O)C(=O)O. The summed E-state index contributed by atoms with van der Waals surface area (Å²) in [5.41, 5.74) is -0.0477. The predicted octanol–water partition coefficient (Wildman–Crippen LogP) is 3.61. The van der Waals surface area contributed by atoms with E-state index in [9.17, 15) is 9.59 Å². The van der Waals surface area contributed by atoms with Crippen LogP contribution in [0.5, 0.6) is 0 Å². The Morgan fingerprint density at radius 3 is 1.89 bits per heavy atom. The normalized spacial score (nSPS) is 12.1. The van der Waals surface area contributed by atoms with Crippen LogP contribution < -0.4 is 0 Å². The summed E-state index contributed by atoms with van der Waals surface area (Å²) in [6.45, 7) is 3.52. The Morgan fingerprint density at radius 2 is 1.39 bits per heavy atom. The molecule has 0 amide bonds. The van der Waals surface area contributed by atoms with Gasteiger partial charge in [0.25, 0.3) is 0 Å². The number of hydrogen-bond donors (Lipinski definition) is 2. The van der Waals surface area contributed by atoms with Gasteiger partial charge >= 0.3 is 5.97 Å². The summed E-state index contributed by atoms with van der Waals surface area (Å²) < 4.78 is 0. The van der Waals surface area contributed by atoms with Crippen molar-refractivity contribution in [2.75, 3.05) is 0 Å². The van der Waals surface area contributed by atoms with Crippen molar-refractivity contribution < 1.29 is 19.8 Å². The molecular formula is C14H24O4. The molecule has 0 aliphatic carbocycles. The van der Waals surface area contributed by atoms with Gasteiger partial charge in [0, 0.05) is 12.0 Å². The maximum Gasteiger partial charge on any atom is 0.371 e. The van der Waals surface area contributed by atoms with Crippen molar-refractivity contribution in [2.45, 2.75) is 65.2 Å². The Balaban J connectivity index is 3.78. The molecule has 4 nitrogen and oxygen atoms in total. The Bertz CT molecular complexity index is 305. The number of aliphatic carboxylic acids is 1. The van der Waals surface area contributed by atoms with Crippen molar-refractivity contribution in [3.63, 3.8) is 0 Å². The molecule has 0 spiro atoms. The first-order chi connectivity index (χ1) is 8.50. The third-order valence-corrected chi connectivity index (χ3v) is 2.98. The second-order valence-electron chi connectivity index (χ2n) is 4.57. The minimum Gasteiger partial charge on any atom is -0.502 e. The van der Waals surface area contributed by atoms with Gasteiger partial charge < -0.3 is 10.2 Å². The van der Waals surface area contributed by atoms with E-state index in [0.717, 1.165) is 19.3 Å². The third kappa shape index (κ3) is 7.09. The molecule has 2 N–H and O–H groups in total. The first-order valence-corrected chi connectivity index (χ1v) is 6.67. The minimum atomic E-state index is -1.44. The van der Waals surface area contributed by atoms with E-state index in [1.165, 1.54) is 32.6 Å². The molecule has 0 heterocycles. The molecule has 0 rings (SSSR count). The van der Waals surface area contributed by atoms with Gasteiger partial charge in [-0.25, -0.2) is 4.79 Å². The summed E-state index contributed by atoms with van der Waals surface area (Å²) in [5, 5.41) is 17.7. The molecule has 0 aliphatic rings. The highest BCUT2D eigenvalue weighted by atomic mass is 16.4. The van der Waals surface area contributed by atoms with Crippen LogP contribution in [0.25, 0.3) is 0 Å². The van der Waals surface area contributed by atoms with Crippen LogP contribution in [0.4, 0.5) is 0 Å². The number of rotatable bonds is 10. The third-order valence-electron chi connectivity index (χ3n) is 2.98. The predicted molar refractivity (Wildman–Crippen MR) is 70.6 cm³/mol. The van der Waals surface area contributed by atoms with Crippen LogP contribution in [0.2, 0.25) is 0 Å². The standard InChI is InChI=1S/C14H24O4/c1-3-4-5-6-7-8-9-10-12(15)11(2)13(16)14(17)18/h16H,3-10H2,1-2H3,(H,17,18). The summed E-state index contributed by atoms with van der Waals surface area (Å²) in [6.07, 6.45) is 8.08. The van der Waals surface area contributed by atoms with Crippen LogP contribution in [0.3, 0.4) is 0 Å². The second kappa shape index (κ2) is 9.68. The largest absolute Gasteiger partial charge is 0.502 e. The maximum atomic E-state index is 11.5. The molecule has 18 heavy (non-hydrogen) atoms. The molecule has 104 valence electrons. The van der Waals surface area contributed by atoms with Gasteiger partial charge in [0.15, 0.2) is 5.78 Å². The van der Waals surface area contributed by atoms with Crippen LogP contribution in [0.1, 0.15) is 65.2 Å². The minimum absolute atomic E-state index is 0.0477. The zero-order valence-corrected chi connectivity index (χ0v) is 11.4. The number of aliphatic hydroxyl groups is 1. The lowest BCUT2D eigenvalue weighted by Gasteiger charge is -2.03. The van der Waals surface area contributed by atoms with Gasteiger partial charge in [-0.05, 0) is 13.3 Å². The van der Waals surface area contributed by atoms with Crippen molar-refractivity contribution in [2.24, 2.45) is 0 Å². The molecule has 0 saturated heterocycles. The number of carbonyl (C=O) groups excluding carboxylic acids is 1. The average molecular weight is 256 g/mol. The number of ketones is 1. The molecule has 0 radical (unpaired) electrons. The molecule has 4 heteroatoms. The Labute approximate surface area is 109 Å². The lowest BCUT2D eigenvalue weighted by Crippen LogP contribution is -2.09. The van der Waals surface area contributed by atoms with E-state index in [0.29, 0.717) is 6.42 Å². The smallest absolute Gasteiger partial charge is 0.371 e. The van der Waals surface area contributed by atoms with Crippen LogP contribution >= 0.6 is 0 Å². The first kappa shape index (κ1) is 16.7. The van der Waals surface area contributed by atoms with E-state index in [4.69, 9.17) is 10.2 Å². The summed E-state index contributed by atoms with van der Waals surface area (Å²) in [6, 6.07) is 0. The van der Waals surface area contributed by atoms with Crippen molar-refractivity contribution in [3.8, 4) is 0 Å². The average Bonchev–Trinajstić information content (AvgIpc) is 2.35. The first-order valence-electron chi connectivity index (χ1n) is 6.67. The van der Waals surface area contributed by atoms with Gasteiger partial charge in [0.05, 0.1) is 0 Å². The number of Topliss-reactive ketones (excluding diaryl/α,β-unsaturated/α-hetero) is 1. The summed E-state index contributed by atoms with van der Waals surface area (Å²) in [7, 11) is 0. The molecule has 0 atom stereocenters. The second-order valence-corrected chi connectivity index (χ2v) is 4.57. The number of carbonyl (C=O) groups is 2. The van der Waals surface area contributed by atoms with Crippen LogP contribution in [-0.2, 0) is 9.59 Å². The quantitative estimate of drug-likeness (QED) is 0.355. The topological polar surface area (TPSA) is 74.6 Å². The number of aliphatic hydroxyl groups excluding tert-OH is 1. The molecule has 0 fully saturated rings. The van der Waals surface area contributed by atoms with E-state index in [2.05, 4.69) is 6.92 Å². The molecule has 0 aromatic carbocycles. The Kier molecular flexibility index (Phi) is 8.97. The van der Waals surface area contributed by atoms with Crippen LogP contribution in [-0.4, -0.2) is 22.0 Å². The van der Waals surface area contributed by atoms with Crippen LogP contribution in [0, 0.1) is 0 Å². The number of carboxylic acids is 1. The summed E-state index contributed by atoms with van der Waals surface area (Å²) in [4.78, 5) is 22.0. The zero-order valence-electron chi connectivity index (χ0n) is 11.4. The lowest BCUT2D eigenvalue weighted by molar-refractivity contribution is -0.136. The molecular weight excluding hydrogens is 232 g/mol. The van der Waals surface area contributed by atoms with Gasteiger partial charge in [-0.1, -0.05) is 45.4 Å². The van der Waals surface area contributed by atoms with Crippen molar-refractivity contribution in [1.29, 1.82) is 0 Å². The Morgan fingerprint density at radius 1 is 0.889 bits per heavy atom. The fourth-order valence-corrected chi connectivity index (χ4v) is 1.72. The van der Waals surface area contributed by atoms with Gasteiger partial charge in [-0.3, -0.25) is 4.79 Å². The van der Waals surface area contributed by atoms with E-state index in [1.54, 1.807) is 0 Å². The van der Waals surface area contributed by atoms with Gasteiger partial charge in [0.2, 0.25) is 5.76 Å². The molecule has 0 unspecified atom stereocenters. The highest BCUT2D eigenvalue weighted by molar-refractivity contribution is 6.01. The zero-order chi connectivity index (χ0) is 14.0. The molecule has 0 bridgehead atoms. The maximum absolute atomic E-state index is 11.5. The number of hydrogen-bond acceptors (Lipinski definition) is 3. The number of unbranched alkanes of at least 4 members (excludes halogenated alkanes) is 6. The number of allylic oxidation sites excluding steroid dienone is 1. The van der Waals surface area contributed by atoms with Crippen molar-refractivity contribution in [1.82, 2.24) is 0 Å². The highest BCUT2D eigenvalue weighted by Crippen LogP contribution is 2.12. The van der Waals surface area contributed by atoms with Gasteiger partial charge in [-0.15, -0.1) is 0 Å². The monoisotopic (exact) mass is 256 g/mol. The summed E-state index contributed by atoms with van der Waals surface area (Å²) in [5.74, 6) is -2.55. The van der Waals surface area contributed by atoms with Gasteiger partial charge in [0.1, 0.15) is 0 Å². The highest BCUT2D eigenvalue weighted by Gasteiger charge is 2.14. The molecule has 0 aromatic rings. The molecule has 0 aliphatic heterocycles. The number of carboxylic acid groups (broad SMARTS) is 1. The lowest BCUT2D eigenvalue weighted by atomic mass is 10.0. The van der Waals surface area contributed by atoms with Gasteiger partial charge in [-0.2, -0.15) is 0 Å². The van der Waals surface area contributed by atoms with E-state index < -0.39 is 11.7 Å². The summed E-state index contributed by atoms with van der Waals surface area (Å²) >= 11 is 0. The fourth-order valence-electron chi connectivity index (χ4n) is 1.72. The Hall–Kier alpha value is -1.32. The van der Waals surface area contributed by atoms with Crippen molar-refractivity contribution in [3.05, 3.63) is 11.3 Å². The molecule has 0 saturated carbocycles.